The Kier molecular flexibility index (Phi) is 3.88. The Morgan fingerprint density at radius 1 is 0.704 bits per heavy atom. The number of rotatable bonds is 2. The molecule has 0 aromatic heterocycles. The molecule has 134 valence electrons. The lowest BCUT2D eigenvalue weighted by Gasteiger charge is -2.19. The van der Waals surface area contributed by atoms with Gasteiger partial charge in [-0.3, -0.25) is 9.59 Å². The number of hydrogen-bond donors (Lipinski definition) is 0. The molecule has 0 amide bonds. The van der Waals surface area contributed by atoms with E-state index in [1.165, 1.54) is 25.3 Å². The molecule has 1 aliphatic rings. The van der Waals surface area contributed by atoms with E-state index >= 15 is 0 Å². The lowest BCUT2D eigenvalue weighted by molar-refractivity contribution is 0.0978. The minimum Gasteiger partial charge on any atom is -0.497 e. The van der Waals surface area contributed by atoms with E-state index in [0.717, 1.165) is 10.8 Å². The molecule has 6 nitrogen and oxygen atoms in total. The van der Waals surface area contributed by atoms with Gasteiger partial charge in [0.25, 0.3) is 0 Å². The van der Waals surface area contributed by atoms with Crippen LogP contribution in [0.5, 0.6) is 11.5 Å². The van der Waals surface area contributed by atoms with Crippen molar-refractivity contribution in [2.24, 2.45) is 0 Å². The van der Waals surface area contributed by atoms with Crippen LogP contribution in [0, 0.1) is 0 Å². The molecule has 0 fully saturated rings. The number of carbonyl (C=O) groups is 3. The van der Waals surface area contributed by atoms with Gasteiger partial charge in [-0.2, -0.15) is 0 Å². The standard InChI is InChI=1S/C21H14O6/c1-25-13-4-3-11-8-16-17(9-12(11)7-13)20(23)18-10-14(27-21(24)26-2)5-6-15(18)19(16)22/h3-10H,1-2H3. The highest BCUT2D eigenvalue weighted by Crippen LogP contribution is 2.33. The largest absolute Gasteiger partial charge is 0.513 e. The van der Waals surface area contributed by atoms with Crippen LogP contribution in [0.15, 0.2) is 48.5 Å². The lowest BCUT2D eigenvalue weighted by Crippen LogP contribution is -2.21. The zero-order valence-corrected chi connectivity index (χ0v) is 14.6. The smallest absolute Gasteiger partial charge is 0.497 e. The van der Waals surface area contributed by atoms with E-state index in [1.54, 1.807) is 31.4 Å². The fourth-order valence-electron chi connectivity index (χ4n) is 3.18. The molecule has 0 saturated carbocycles. The predicted molar refractivity (Wildman–Crippen MR) is 96.8 cm³/mol. The summed E-state index contributed by atoms with van der Waals surface area (Å²) in [4.78, 5) is 37.2. The lowest BCUT2D eigenvalue weighted by atomic mass is 9.82. The molecule has 0 unspecified atom stereocenters. The second-order valence-corrected chi connectivity index (χ2v) is 6.03. The molecule has 0 atom stereocenters. The van der Waals surface area contributed by atoms with Gasteiger partial charge in [0, 0.05) is 22.3 Å². The molecular weight excluding hydrogens is 348 g/mol. The molecule has 1 aliphatic carbocycles. The SMILES string of the molecule is COC(=O)Oc1ccc2c(c1)C(=O)c1cc3cc(OC)ccc3cc1C2=O. The van der Waals surface area contributed by atoms with Gasteiger partial charge in [-0.05, 0) is 53.2 Å². The normalized spacial score (nSPS) is 12.4. The van der Waals surface area contributed by atoms with Crippen LogP contribution in [0.25, 0.3) is 10.8 Å². The first kappa shape index (κ1) is 16.8. The molecule has 6 heteroatoms. The molecule has 0 radical (unpaired) electrons. The fourth-order valence-corrected chi connectivity index (χ4v) is 3.18. The minimum atomic E-state index is -0.900. The van der Waals surface area contributed by atoms with Crippen molar-refractivity contribution < 1.29 is 28.6 Å². The summed E-state index contributed by atoms with van der Waals surface area (Å²) in [5.74, 6) is 0.237. The summed E-state index contributed by atoms with van der Waals surface area (Å²) in [5, 5.41) is 1.63. The van der Waals surface area contributed by atoms with Gasteiger partial charge in [0.15, 0.2) is 11.6 Å². The average Bonchev–Trinajstić information content (AvgIpc) is 2.70. The van der Waals surface area contributed by atoms with Crippen molar-refractivity contribution in [1.29, 1.82) is 0 Å². The van der Waals surface area contributed by atoms with Gasteiger partial charge >= 0.3 is 6.16 Å². The molecule has 3 aromatic rings. The number of benzene rings is 3. The Labute approximate surface area is 154 Å². The first-order valence-corrected chi connectivity index (χ1v) is 8.13. The van der Waals surface area contributed by atoms with E-state index in [0.29, 0.717) is 16.9 Å². The third-order valence-corrected chi connectivity index (χ3v) is 4.52. The highest BCUT2D eigenvalue weighted by atomic mass is 16.7. The Balaban J connectivity index is 1.85. The summed E-state index contributed by atoms with van der Waals surface area (Å²) >= 11 is 0. The third-order valence-electron chi connectivity index (χ3n) is 4.52. The highest BCUT2D eigenvalue weighted by molar-refractivity contribution is 6.29. The molecule has 0 saturated heterocycles. The molecule has 0 N–H and O–H groups in total. The first-order chi connectivity index (χ1) is 13.0. The second-order valence-electron chi connectivity index (χ2n) is 6.03. The van der Waals surface area contributed by atoms with Crippen molar-refractivity contribution in [3.05, 3.63) is 70.8 Å². The summed E-state index contributed by atoms with van der Waals surface area (Å²) in [7, 11) is 2.75. The zero-order chi connectivity index (χ0) is 19.1. The van der Waals surface area contributed by atoms with E-state index in [9.17, 15) is 14.4 Å². The first-order valence-electron chi connectivity index (χ1n) is 8.13. The molecule has 0 aliphatic heterocycles. The van der Waals surface area contributed by atoms with E-state index in [-0.39, 0.29) is 28.4 Å². The van der Waals surface area contributed by atoms with Gasteiger partial charge < -0.3 is 14.2 Å². The quantitative estimate of drug-likeness (QED) is 0.399. The van der Waals surface area contributed by atoms with Crippen molar-refractivity contribution in [2.75, 3.05) is 14.2 Å². The topological polar surface area (TPSA) is 78.9 Å². The maximum absolute atomic E-state index is 13.0. The van der Waals surface area contributed by atoms with Crippen molar-refractivity contribution >= 4 is 28.5 Å². The van der Waals surface area contributed by atoms with Crippen LogP contribution in [0.2, 0.25) is 0 Å². The monoisotopic (exact) mass is 362 g/mol. The van der Waals surface area contributed by atoms with Crippen molar-refractivity contribution in [2.45, 2.75) is 0 Å². The minimum absolute atomic E-state index is 0.132. The van der Waals surface area contributed by atoms with Crippen LogP contribution < -0.4 is 9.47 Å². The van der Waals surface area contributed by atoms with Gasteiger partial charge in [-0.1, -0.05) is 6.07 Å². The number of carbonyl (C=O) groups excluding carboxylic acids is 3. The van der Waals surface area contributed by atoms with E-state index in [1.807, 2.05) is 6.07 Å². The third kappa shape index (κ3) is 2.71. The maximum Gasteiger partial charge on any atom is 0.513 e. The Hall–Kier alpha value is -3.67. The van der Waals surface area contributed by atoms with Crippen molar-refractivity contribution in [3.8, 4) is 11.5 Å². The van der Waals surface area contributed by atoms with Gasteiger partial charge in [-0.25, -0.2) is 4.79 Å². The highest BCUT2D eigenvalue weighted by Gasteiger charge is 2.30. The van der Waals surface area contributed by atoms with Gasteiger partial charge in [-0.15, -0.1) is 0 Å². The maximum atomic E-state index is 13.0. The Morgan fingerprint density at radius 3 is 2.04 bits per heavy atom. The number of ether oxygens (including phenoxy) is 3. The molecule has 3 aromatic carbocycles. The summed E-state index contributed by atoms with van der Waals surface area (Å²) in [6.07, 6.45) is -0.900. The van der Waals surface area contributed by atoms with Gasteiger partial charge in [0.1, 0.15) is 11.5 Å². The van der Waals surface area contributed by atoms with E-state index in [4.69, 9.17) is 9.47 Å². The number of methoxy groups -OCH3 is 2. The Morgan fingerprint density at radius 2 is 1.33 bits per heavy atom. The van der Waals surface area contributed by atoms with Crippen LogP contribution in [0.4, 0.5) is 4.79 Å². The van der Waals surface area contributed by atoms with Crippen LogP contribution in [0.3, 0.4) is 0 Å². The summed E-state index contributed by atoms with van der Waals surface area (Å²) in [6, 6.07) is 13.2. The molecule has 0 spiro atoms. The number of hydrogen-bond acceptors (Lipinski definition) is 6. The molecule has 27 heavy (non-hydrogen) atoms. The van der Waals surface area contributed by atoms with E-state index in [2.05, 4.69) is 4.74 Å². The molecule has 4 rings (SSSR count). The average molecular weight is 362 g/mol. The molecule has 0 bridgehead atoms. The zero-order valence-electron chi connectivity index (χ0n) is 14.6. The van der Waals surface area contributed by atoms with Crippen LogP contribution >= 0.6 is 0 Å². The molecule has 0 heterocycles. The van der Waals surface area contributed by atoms with Crippen LogP contribution in [0.1, 0.15) is 31.8 Å². The van der Waals surface area contributed by atoms with E-state index < -0.39 is 6.16 Å². The van der Waals surface area contributed by atoms with Crippen LogP contribution in [-0.4, -0.2) is 31.9 Å². The van der Waals surface area contributed by atoms with Crippen molar-refractivity contribution in [1.82, 2.24) is 0 Å². The number of ketones is 2. The van der Waals surface area contributed by atoms with Crippen molar-refractivity contribution in [3.63, 3.8) is 0 Å². The summed E-state index contributed by atoms with van der Waals surface area (Å²) < 4.78 is 14.6. The fraction of sp³-hybridized carbons (Fsp3) is 0.0952. The number of fused-ring (bicyclic) bond motifs is 3. The Bertz CT molecular complexity index is 1130. The van der Waals surface area contributed by atoms with Crippen LogP contribution in [-0.2, 0) is 4.74 Å². The van der Waals surface area contributed by atoms with Gasteiger partial charge in [0.05, 0.1) is 14.2 Å². The predicted octanol–water partition coefficient (Wildman–Crippen LogP) is 3.77. The second kappa shape index (κ2) is 6.25. The van der Waals surface area contributed by atoms with Gasteiger partial charge in [0.2, 0.25) is 0 Å². The molecular formula is C21H14O6. The summed E-state index contributed by atoms with van der Waals surface area (Å²) in [6.45, 7) is 0. The summed E-state index contributed by atoms with van der Waals surface area (Å²) in [5.41, 5.74) is 1.13.